The lowest BCUT2D eigenvalue weighted by molar-refractivity contribution is 0.247. The zero-order valence-electron chi connectivity index (χ0n) is 8.49. The van der Waals surface area contributed by atoms with Gasteiger partial charge in [0.25, 0.3) is 0 Å². The molecular formula is C10H13N3O2. The van der Waals surface area contributed by atoms with Gasteiger partial charge < -0.3 is 4.74 Å². The van der Waals surface area contributed by atoms with Crippen molar-refractivity contribution in [2.75, 3.05) is 18.6 Å². The van der Waals surface area contributed by atoms with Crippen molar-refractivity contribution in [2.45, 2.75) is 6.42 Å². The predicted molar refractivity (Wildman–Crippen MR) is 56.8 cm³/mol. The van der Waals surface area contributed by atoms with Gasteiger partial charge in [-0.25, -0.2) is 10.6 Å². The minimum atomic E-state index is -0.339. The molecule has 1 aliphatic rings. The van der Waals surface area contributed by atoms with E-state index in [9.17, 15) is 4.79 Å². The second-order valence-corrected chi connectivity index (χ2v) is 3.40. The van der Waals surface area contributed by atoms with Crippen LogP contribution in [0.5, 0.6) is 5.75 Å². The van der Waals surface area contributed by atoms with Crippen LogP contribution in [0.4, 0.5) is 10.5 Å². The maximum atomic E-state index is 11.3. The molecule has 0 atom stereocenters. The van der Waals surface area contributed by atoms with Crippen LogP contribution in [-0.4, -0.2) is 19.7 Å². The highest BCUT2D eigenvalue weighted by Gasteiger charge is 2.15. The first-order valence-corrected chi connectivity index (χ1v) is 4.72. The molecule has 0 fully saturated rings. The van der Waals surface area contributed by atoms with Crippen LogP contribution in [0.25, 0.3) is 0 Å². The summed E-state index contributed by atoms with van der Waals surface area (Å²) < 4.78 is 5.38. The molecule has 0 aromatic heterocycles. The Kier molecular flexibility index (Phi) is 2.47. The molecule has 0 radical (unpaired) electrons. The highest BCUT2D eigenvalue weighted by molar-refractivity contribution is 5.91. The smallest absolute Gasteiger partial charge is 0.335 e. The Labute approximate surface area is 87.8 Å². The van der Waals surface area contributed by atoms with Gasteiger partial charge in [0.15, 0.2) is 0 Å². The number of hydrogen-bond acceptors (Lipinski definition) is 3. The second-order valence-electron chi connectivity index (χ2n) is 3.40. The standard InChI is InChI=1S/C10H13N3O2/c1-13(10(14)12-11)8-2-3-9-7(6-8)4-5-15-9/h2-3,6H,4-5,11H2,1H3,(H,12,14). The zero-order valence-corrected chi connectivity index (χ0v) is 8.49. The summed E-state index contributed by atoms with van der Waals surface area (Å²) in [7, 11) is 1.67. The van der Waals surface area contributed by atoms with Gasteiger partial charge in [-0.15, -0.1) is 0 Å². The average molecular weight is 207 g/mol. The summed E-state index contributed by atoms with van der Waals surface area (Å²) >= 11 is 0. The lowest BCUT2D eigenvalue weighted by Gasteiger charge is -2.16. The van der Waals surface area contributed by atoms with E-state index in [0.29, 0.717) is 6.61 Å². The van der Waals surface area contributed by atoms with E-state index < -0.39 is 0 Å². The molecule has 80 valence electrons. The van der Waals surface area contributed by atoms with Gasteiger partial charge in [0.05, 0.1) is 6.61 Å². The molecule has 0 spiro atoms. The number of carbonyl (C=O) groups is 1. The number of anilines is 1. The van der Waals surface area contributed by atoms with Crippen molar-refractivity contribution in [1.82, 2.24) is 5.43 Å². The van der Waals surface area contributed by atoms with Gasteiger partial charge >= 0.3 is 6.03 Å². The number of ether oxygens (including phenoxy) is 1. The Balaban J connectivity index is 2.26. The summed E-state index contributed by atoms with van der Waals surface area (Å²) in [5.41, 5.74) is 4.02. The van der Waals surface area contributed by atoms with Crippen molar-refractivity contribution in [3.63, 3.8) is 0 Å². The van der Waals surface area contributed by atoms with E-state index in [2.05, 4.69) is 5.43 Å². The van der Waals surface area contributed by atoms with Gasteiger partial charge in [0, 0.05) is 19.2 Å². The number of hydrogen-bond donors (Lipinski definition) is 2. The molecule has 0 bridgehead atoms. The van der Waals surface area contributed by atoms with Crippen LogP contribution in [0.2, 0.25) is 0 Å². The van der Waals surface area contributed by atoms with Crippen molar-refractivity contribution < 1.29 is 9.53 Å². The molecule has 2 rings (SSSR count). The molecule has 2 amide bonds. The van der Waals surface area contributed by atoms with Gasteiger partial charge in [-0.05, 0) is 23.8 Å². The molecule has 5 nitrogen and oxygen atoms in total. The van der Waals surface area contributed by atoms with Crippen LogP contribution in [0.3, 0.4) is 0 Å². The van der Waals surface area contributed by atoms with E-state index in [1.807, 2.05) is 18.2 Å². The third-order valence-electron chi connectivity index (χ3n) is 2.49. The molecule has 0 saturated heterocycles. The fourth-order valence-corrected chi connectivity index (χ4v) is 1.60. The first kappa shape index (κ1) is 9.79. The Morgan fingerprint density at radius 1 is 1.60 bits per heavy atom. The summed E-state index contributed by atoms with van der Waals surface area (Å²) in [5.74, 6) is 5.96. The number of nitrogens with two attached hydrogens (primary N) is 1. The fraction of sp³-hybridized carbons (Fsp3) is 0.300. The molecule has 1 aromatic rings. The van der Waals surface area contributed by atoms with Crippen LogP contribution in [0.1, 0.15) is 5.56 Å². The molecule has 5 heteroatoms. The van der Waals surface area contributed by atoms with Gasteiger partial charge in [-0.1, -0.05) is 0 Å². The Bertz CT molecular complexity index is 392. The number of nitrogens with zero attached hydrogens (tertiary/aromatic N) is 1. The molecule has 0 unspecified atom stereocenters. The monoisotopic (exact) mass is 207 g/mol. The number of nitrogens with one attached hydrogen (secondary N) is 1. The number of benzene rings is 1. The van der Waals surface area contributed by atoms with Crippen molar-refractivity contribution in [3.05, 3.63) is 23.8 Å². The van der Waals surface area contributed by atoms with Gasteiger partial charge in [-0.3, -0.25) is 10.3 Å². The molecule has 3 N–H and O–H groups in total. The minimum absolute atomic E-state index is 0.339. The molecule has 0 saturated carbocycles. The maximum Gasteiger partial charge on any atom is 0.335 e. The Morgan fingerprint density at radius 3 is 3.13 bits per heavy atom. The topological polar surface area (TPSA) is 67.6 Å². The van der Waals surface area contributed by atoms with Gasteiger partial charge in [-0.2, -0.15) is 0 Å². The number of carbonyl (C=O) groups excluding carboxylic acids is 1. The van der Waals surface area contributed by atoms with Crippen molar-refractivity contribution in [2.24, 2.45) is 5.84 Å². The van der Waals surface area contributed by atoms with E-state index in [-0.39, 0.29) is 6.03 Å². The number of hydrazine groups is 1. The van der Waals surface area contributed by atoms with E-state index >= 15 is 0 Å². The van der Waals surface area contributed by atoms with E-state index in [0.717, 1.165) is 23.4 Å². The third kappa shape index (κ3) is 1.73. The number of fused-ring (bicyclic) bond motifs is 1. The summed E-state index contributed by atoms with van der Waals surface area (Å²) in [6.45, 7) is 0.714. The number of urea groups is 1. The highest BCUT2D eigenvalue weighted by Crippen LogP contribution is 2.29. The minimum Gasteiger partial charge on any atom is -0.493 e. The normalized spacial score (nSPS) is 12.9. The van der Waals surface area contributed by atoms with Crippen LogP contribution in [0, 0.1) is 0 Å². The van der Waals surface area contributed by atoms with Crippen LogP contribution >= 0.6 is 0 Å². The third-order valence-corrected chi connectivity index (χ3v) is 2.49. The first-order valence-electron chi connectivity index (χ1n) is 4.72. The van der Waals surface area contributed by atoms with Crippen LogP contribution < -0.4 is 20.9 Å². The summed E-state index contributed by atoms with van der Waals surface area (Å²) in [6.07, 6.45) is 0.890. The van der Waals surface area contributed by atoms with E-state index in [4.69, 9.17) is 10.6 Å². The number of rotatable bonds is 1. The molecule has 1 aliphatic heterocycles. The summed E-state index contributed by atoms with van der Waals surface area (Å²) in [4.78, 5) is 12.7. The first-order chi connectivity index (χ1) is 7.22. The second kappa shape index (κ2) is 3.78. The largest absolute Gasteiger partial charge is 0.493 e. The zero-order chi connectivity index (χ0) is 10.8. The maximum absolute atomic E-state index is 11.3. The van der Waals surface area contributed by atoms with Gasteiger partial charge in [0.2, 0.25) is 0 Å². The average Bonchev–Trinajstić information content (AvgIpc) is 2.73. The lowest BCUT2D eigenvalue weighted by Crippen LogP contribution is -2.41. The van der Waals surface area contributed by atoms with E-state index in [1.165, 1.54) is 4.90 Å². The highest BCUT2D eigenvalue weighted by atomic mass is 16.5. The molecule has 1 aromatic carbocycles. The van der Waals surface area contributed by atoms with Crippen molar-refractivity contribution >= 4 is 11.7 Å². The quantitative estimate of drug-likeness (QED) is 0.403. The lowest BCUT2D eigenvalue weighted by atomic mass is 10.1. The molecule has 15 heavy (non-hydrogen) atoms. The predicted octanol–water partition coefficient (Wildman–Crippen LogP) is 0.641. The van der Waals surface area contributed by atoms with Gasteiger partial charge in [0.1, 0.15) is 5.75 Å². The Hall–Kier alpha value is -1.75. The summed E-state index contributed by atoms with van der Waals surface area (Å²) in [5, 5.41) is 0. The fourth-order valence-electron chi connectivity index (χ4n) is 1.60. The molecular weight excluding hydrogens is 194 g/mol. The Morgan fingerprint density at radius 2 is 2.40 bits per heavy atom. The van der Waals surface area contributed by atoms with Crippen molar-refractivity contribution in [3.8, 4) is 5.75 Å². The number of amides is 2. The van der Waals surface area contributed by atoms with Crippen molar-refractivity contribution in [1.29, 1.82) is 0 Å². The van der Waals surface area contributed by atoms with Crippen LogP contribution in [0.15, 0.2) is 18.2 Å². The van der Waals surface area contributed by atoms with E-state index in [1.54, 1.807) is 7.05 Å². The molecule has 1 heterocycles. The summed E-state index contributed by atoms with van der Waals surface area (Å²) in [6, 6.07) is 5.31. The molecule has 0 aliphatic carbocycles. The van der Waals surface area contributed by atoms with Crippen LogP contribution in [-0.2, 0) is 6.42 Å². The SMILES string of the molecule is CN(C(=O)NN)c1ccc2c(c1)CCO2.